The van der Waals surface area contributed by atoms with Gasteiger partial charge in [0.2, 0.25) is 0 Å². The van der Waals surface area contributed by atoms with Gasteiger partial charge in [-0.3, -0.25) is 0 Å². The number of esters is 1. The molecule has 0 heterocycles. The van der Waals surface area contributed by atoms with Crippen molar-refractivity contribution in [1.29, 1.82) is 0 Å². The molecule has 0 aliphatic heterocycles. The van der Waals surface area contributed by atoms with Crippen molar-refractivity contribution in [2.24, 2.45) is 0 Å². The molecule has 5 heteroatoms. The van der Waals surface area contributed by atoms with Crippen molar-refractivity contribution in [3.8, 4) is 5.75 Å². The van der Waals surface area contributed by atoms with Crippen molar-refractivity contribution in [3.63, 3.8) is 0 Å². The molecule has 0 spiro atoms. The molecule has 2 aromatic rings. The van der Waals surface area contributed by atoms with E-state index in [-0.39, 0.29) is 12.0 Å². The van der Waals surface area contributed by atoms with Crippen LogP contribution in [-0.2, 0) is 9.53 Å². The third-order valence-corrected chi connectivity index (χ3v) is 4.26. The fraction of sp³-hybridized carbons (Fsp3) is 0.318. The summed E-state index contributed by atoms with van der Waals surface area (Å²) < 4.78 is 10.3. The lowest BCUT2D eigenvalue weighted by Gasteiger charge is -2.22. The first-order valence-corrected chi connectivity index (χ1v) is 8.97. The standard InChI is InChI=1S/C22H28N2O3/c1-6-27-22(25)16(2)15-21(17-7-11-19(12-8-17)24(3)4)23-18-9-13-20(26-5)14-10-18/h7-14,21,23H,2,6,15H2,1,3-5H3. The van der Waals surface area contributed by atoms with E-state index in [0.29, 0.717) is 18.6 Å². The molecule has 0 fully saturated rings. The molecule has 0 aromatic heterocycles. The van der Waals surface area contributed by atoms with Gasteiger partial charge in [0.05, 0.1) is 19.8 Å². The number of nitrogens with one attached hydrogen (secondary N) is 1. The highest BCUT2D eigenvalue weighted by molar-refractivity contribution is 5.87. The maximum absolute atomic E-state index is 12.0. The Morgan fingerprint density at radius 1 is 1.11 bits per heavy atom. The number of carbonyl (C=O) groups is 1. The highest BCUT2D eigenvalue weighted by Gasteiger charge is 2.18. The van der Waals surface area contributed by atoms with E-state index in [0.717, 1.165) is 22.7 Å². The lowest BCUT2D eigenvalue weighted by Crippen LogP contribution is -2.16. The second-order valence-corrected chi connectivity index (χ2v) is 6.44. The molecule has 0 aliphatic carbocycles. The Labute approximate surface area is 161 Å². The molecule has 27 heavy (non-hydrogen) atoms. The highest BCUT2D eigenvalue weighted by atomic mass is 16.5. The summed E-state index contributed by atoms with van der Waals surface area (Å²) in [5, 5.41) is 3.49. The fourth-order valence-corrected chi connectivity index (χ4v) is 2.71. The Balaban J connectivity index is 2.23. The zero-order valence-electron chi connectivity index (χ0n) is 16.5. The molecular weight excluding hydrogens is 340 g/mol. The summed E-state index contributed by atoms with van der Waals surface area (Å²) in [6.07, 6.45) is 0.451. The van der Waals surface area contributed by atoms with E-state index < -0.39 is 0 Å². The first kappa shape index (κ1) is 20.4. The van der Waals surface area contributed by atoms with Gasteiger partial charge < -0.3 is 19.7 Å². The van der Waals surface area contributed by atoms with E-state index >= 15 is 0 Å². The Bertz CT molecular complexity index is 752. The quantitative estimate of drug-likeness (QED) is 0.524. The van der Waals surface area contributed by atoms with Crippen molar-refractivity contribution < 1.29 is 14.3 Å². The summed E-state index contributed by atoms with van der Waals surface area (Å²) >= 11 is 0. The van der Waals surface area contributed by atoms with Gasteiger partial charge in [0.25, 0.3) is 0 Å². The van der Waals surface area contributed by atoms with Crippen LogP contribution in [-0.4, -0.2) is 33.8 Å². The lowest BCUT2D eigenvalue weighted by molar-refractivity contribution is -0.138. The number of benzene rings is 2. The number of rotatable bonds is 9. The molecule has 0 saturated heterocycles. The van der Waals surface area contributed by atoms with Crippen LogP contribution in [0.3, 0.4) is 0 Å². The Morgan fingerprint density at radius 3 is 2.26 bits per heavy atom. The van der Waals surface area contributed by atoms with Gasteiger partial charge in [0.15, 0.2) is 0 Å². The van der Waals surface area contributed by atoms with Crippen LogP contribution in [0.25, 0.3) is 0 Å². The van der Waals surface area contributed by atoms with Crippen LogP contribution in [0.5, 0.6) is 5.75 Å². The predicted octanol–water partition coefficient (Wildman–Crippen LogP) is 4.42. The molecule has 5 nitrogen and oxygen atoms in total. The minimum absolute atomic E-state index is 0.105. The minimum Gasteiger partial charge on any atom is -0.497 e. The summed E-state index contributed by atoms with van der Waals surface area (Å²) in [6.45, 7) is 6.04. The van der Waals surface area contributed by atoms with Gasteiger partial charge in [-0.1, -0.05) is 18.7 Å². The van der Waals surface area contributed by atoms with Gasteiger partial charge in [0, 0.05) is 37.5 Å². The number of hydrogen-bond acceptors (Lipinski definition) is 5. The van der Waals surface area contributed by atoms with Crippen LogP contribution < -0.4 is 15.0 Å². The van der Waals surface area contributed by atoms with E-state index in [4.69, 9.17) is 9.47 Å². The molecular formula is C22H28N2O3. The monoisotopic (exact) mass is 368 g/mol. The minimum atomic E-state index is -0.357. The number of methoxy groups -OCH3 is 1. The topological polar surface area (TPSA) is 50.8 Å². The normalized spacial score (nSPS) is 11.4. The Hall–Kier alpha value is -2.95. The van der Waals surface area contributed by atoms with E-state index in [1.165, 1.54) is 0 Å². The molecule has 0 radical (unpaired) electrons. The molecule has 2 rings (SSSR count). The van der Waals surface area contributed by atoms with E-state index in [1.54, 1.807) is 14.0 Å². The fourth-order valence-electron chi connectivity index (χ4n) is 2.71. The van der Waals surface area contributed by atoms with Crippen molar-refractivity contribution >= 4 is 17.3 Å². The maximum atomic E-state index is 12.0. The molecule has 144 valence electrons. The lowest BCUT2D eigenvalue weighted by atomic mass is 9.98. The first-order chi connectivity index (χ1) is 12.9. The van der Waals surface area contributed by atoms with Gasteiger partial charge in [-0.15, -0.1) is 0 Å². The summed E-state index contributed by atoms with van der Waals surface area (Å²) in [4.78, 5) is 14.1. The van der Waals surface area contributed by atoms with Crippen LogP contribution in [0.15, 0.2) is 60.7 Å². The number of anilines is 2. The van der Waals surface area contributed by atoms with Crippen LogP contribution >= 0.6 is 0 Å². The molecule has 0 aliphatic rings. The average molecular weight is 368 g/mol. The molecule has 0 bridgehead atoms. The highest BCUT2D eigenvalue weighted by Crippen LogP contribution is 2.28. The summed E-state index contributed by atoms with van der Waals surface area (Å²) in [5.74, 6) is 0.437. The summed E-state index contributed by atoms with van der Waals surface area (Å²) in [5.41, 5.74) is 3.57. The SMILES string of the molecule is C=C(CC(Nc1ccc(OC)cc1)c1ccc(N(C)C)cc1)C(=O)OCC. The van der Waals surface area contributed by atoms with Crippen LogP contribution in [0, 0.1) is 0 Å². The van der Waals surface area contributed by atoms with Gasteiger partial charge in [-0.05, 0) is 48.9 Å². The Kier molecular flexibility index (Phi) is 7.29. The zero-order valence-corrected chi connectivity index (χ0v) is 16.5. The molecule has 1 N–H and O–H groups in total. The van der Waals surface area contributed by atoms with E-state index in [2.05, 4.69) is 36.2 Å². The first-order valence-electron chi connectivity index (χ1n) is 8.97. The average Bonchev–Trinajstić information content (AvgIpc) is 2.68. The van der Waals surface area contributed by atoms with Crippen LogP contribution in [0.1, 0.15) is 24.9 Å². The molecule has 2 aromatic carbocycles. The van der Waals surface area contributed by atoms with Crippen LogP contribution in [0.2, 0.25) is 0 Å². The van der Waals surface area contributed by atoms with Gasteiger partial charge >= 0.3 is 5.97 Å². The van der Waals surface area contributed by atoms with E-state index in [1.807, 2.05) is 43.3 Å². The molecule has 1 unspecified atom stereocenters. The summed E-state index contributed by atoms with van der Waals surface area (Å²) in [7, 11) is 5.65. The van der Waals surface area contributed by atoms with Crippen molar-refractivity contribution in [2.75, 3.05) is 38.0 Å². The van der Waals surface area contributed by atoms with Crippen molar-refractivity contribution in [3.05, 3.63) is 66.2 Å². The van der Waals surface area contributed by atoms with Crippen molar-refractivity contribution in [1.82, 2.24) is 0 Å². The van der Waals surface area contributed by atoms with Gasteiger partial charge in [0.1, 0.15) is 5.75 Å². The second kappa shape index (κ2) is 9.67. The van der Waals surface area contributed by atoms with Crippen LogP contribution in [0.4, 0.5) is 11.4 Å². The van der Waals surface area contributed by atoms with E-state index in [9.17, 15) is 4.79 Å². The molecule has 1 atom stereocenters. The largest absolute Gasteiger partial charge is 0.497 e. The molecule has 0 amide bonds. The number of nitrogens with zero attached hydrogens (tertiary/aromatic N) is 1. The van der Waals surface area contributed by atoms with Gasteiger partial charge in [-0.25, -0.2) is 4.79 Å². The van der Waals surface area contributed by atoms with Gasteiger partial charge in [-0.2, -0.15) is 0 Å². The number of carbonyl (C=O) groups excluding carboxylic acids is 1. The number of hydrogen-bond donors (Lipinski definition) is 1. The van der Waals surface area contributed by atoms with Crippen molar-refractivity contribution in [2.45, 2.75) is 19.4 Å². The Morgan fingerprint density at radius 2 is 1.74 bits per heavy atom. The number of ether oxygens (including phenoxy) is 2. The second-order valence-electron chi connectivity index (χ2n) is 6.44. The predicted molar refractivity (Wildman–Crippen MR) is 111 cm³/mol. The molecule has 0 saturated carbocycles. The third kappa shape index (κ3) is 5.78. The summed E-state index contributed by atoms with van der Waals surface area (Å²) in [6, 6.07) is 15.8. The smallest absolute Gasteiger partial charge is 0.333 e. The third-order valence-electron chi connectivity index (χ3n) is 4.26. The maximum Gasteiger partial charge on any atom is 0.333 e. The zero-order chi connectivity index (χ0) is 19.8.